The molecule has 0 saturated heterocycles. The Kier molecular flexibility index (Phi) is 5.82. The van der Waals surface area contributed by atoms with Gasteiger partial charge in [-0.05, 0) is 35.2 Å². The molecule has 0 radical (unpaired) electrons. The fourth-order valence-electron chi connectivity index (χ4n) is 3.22. The molecular weight excluding hydrogens is 380 g/mol. The van der Waals surface area contributed by atoms with Gasteiger partial charge in [0.15, 0.2) is 6.10 Å². The Hall–Kier alpha value is -3.24. The highest BCUT2D eigenvalue weighted by molar-refractivity contribution is 7.99. The Morgan fingerprint density at radius 2 is 1.52 bits per heavy atom. The van der Waals surface area contributed by atoms with Crippen molar-refractivity contribution >= 4 is 28.5 Å². The molecule has 0 heterocycles. The molecule has 4 aromatic rings. The van der Waals surface area contributed by atoms with E-state index in [0.717, 1.165) is 26.1 Å². The monoisotopic (exact) mass is 400 g/mol. The van der Waals surface area contributed by atoms with Gasteiger partial charge in [-0.25, -0.2) is 4.79 Å². The number of carboxylic acid groups (broad SMARTS) is 1. The highest BCUT2D eigenvalue weighted by Gasteiger charge is 2.22. The minimum Gasteiger partial charge on any atom is -0.478 e. The molecule has 1 atom stereocenters. The molecule has 4 rings (SSSR count). The summed E-state index contributed by atoms with van der Waals surface area (Å²) in [5.41, 5.74) is 0.953. The Labute approximate surface area is 174 Å². The second-order valence-electron chi connectivity index (χ2n) is 6.65. The van der Waals surface area contributed by atoms with Crippen molar-refractivity contribution < 1.29 is 14.6 Å². The summed E-state index contributed by atoms with van der Waals surface area (Å²) >= 11 is 1.63. The van der Waals surface area contributed by atoms with Gasteiger partial charge in [0, 0.05) is 21.6 Å². The van der Waals surface area contributed by atoms with Gasteiger partial charge >= 0.3 is 5.97 Å². The number of benzene rings is 4. The Morgan fingerprint density at radius 1 is 0.828 bits per heavy atom. The molecule has 0 aliphatic heterocycles. The first kappa shape index (κ1) is 19.1. The molecular formula is C25H20O3S. The maximum Gasteiger partial charge on any atom is 0.345 e. The predicted octanol–water partition coefficient (Wildman–Crippen LogP) is 6.07. The lowest BCUT2D eigenvalue weighted by Gasteiger charge is -2.18. The van der Waals surface area contributed by atoms with Crippen LogP contribution in [0.4, 0.5) is 0 Å². The summed E-state index contributed by atoms with van der Waals surface area (Å²) in [5.74, 6) is -0.388. The second-order valence-corrected chi connectivity index (χ2v) is 7.76. The lowest BCUT2D eigenvalue weighted by Crippen LogP contribution is -2.29. The van der Waals surface area contributed by atoms with Gasteiger partial charge < -0.3 is 9.84 Å². The van der Waals surface area contributed by atoms with E-state index in [1.54, 1.807) is 11.8 Å². The van der Waals surface area contributed by atoms with Crippen LogP contribution >= 0.6 is 11.8 Å². The number of hydrogen-bond donors (Lipinski definition) is 1. The Balaban J connectivity index is 1.60. The van der Waals surface area contributed by atoms with Crippen molar-refractivity contribution in [3.8, 4) is 5.75 Å². The van der Waals surface area contributed by atoms with E-state index in [-0.39, 0.29) is 6.42 Å². The topological polar surface area (TPSA) is 46.5 Å². The van der Waals surface area contributed by atoms with E-state index in [0.29, 0.717) is 5.75 Å². The fraction of sp³-hybridized carbons (Fsp3) is 0.0800. The van der Waals surface area contributed by atoms with Crippen LogP contribution in [-0.2, 0) is 11.2 Å². The third kappa shape index (κ3) is 4.61. The summed E-state index contributed by atoms with van der Waals surface area (Å²) in [7, 11) is 0. The fourth-order valence-corrected chi connectivity index (χ4v) is 4.19. The first-order valence-corrected chi connectivity index (χ1v) is 10.2. The van der Waals surface area contributed by atoms with Crippen LogP contribution in [-0.4, -0.2) is 17.2 Å². The van der Waals surface area contributed by atoms with Crippen molar-refractivity contribution in [2.45, 2.75) is 22.3 Å². The van der Waals surface area contributed by atoms with Gasteiger partial charge in [0.25, 0.3) is 0 Å². The number of fused-ring (bicyclic) bond motifs is 1. The van der Waals surface area contributed by atoms with Crippen molar-refractivity contribution in [3.63, 3.8) is 0 Å². The molecule has 0 saturated carbocycles. The minimum atomic E-state index is -0.975. The summed E-state index contributed by atoms with van der Waals surface area (Å²) < 4.78 is 5.99. The van der Waals surface area contributed by atoms with E-state index in [2.05, 4.69) is 0 Å². The molecule has 0 amide bonds. The average molecular weight is 400 g/mol. The number of aliphatic carboxylic acids is 1. The van der Waals surface area contributed by atoms with E-state index in [1.165, 1.54) is 0 Å². The van der Waals surface area contributed by atoms with Crippen molar-refractivity contribution in [1.29, 1.82) is 0 Å². The molecule has 0 aliphatic carbocycles. The van der Waals surface area contributed by atoms with Gasteiger partial charge in [-0.2, -0.15) is 0 Å². The first-order chi connectivity index (χ1) is 14.2. The van der Waals surface area contributed by atoms with Crippen LogP contribution in [0.15, 0.2) is 107 Å². The summed E-state index contributed by atoms with van der Waals surface area (Å²) in [5, 5.41) is 11.7. The van der Waals surface area contributed by atoms with Crippen LogP contribution in [0.1, 0.15) is 5.56 Å². The zero-order chi connectivity index (χ0) is 20.1. The SMILES string of the molecule is O=C(O)[C@H](Cc1ccccc1Sc1ccccc1)Oc1cccc2ccccc12. The van der Waals surface area contributed by atoms with E-state index in [1.807, 2.05) is 97.1 Å². The lowest BCUT2D eigenvalue weighted by molar-refractivity contribution is -0.145. The van der Waals surface area contributed by atoms with Crippen LogP contribution in [0.2, 0.25) is 0 Å². The van der Waals surface area contributed by atoms with Gasteiger partial charge in [0.1, 0.15) is 5.75 Å². The molecule has 0 bridgehead atoms. The number of hydrogen-bond acceptors (Lipinski definition) is 3. The first-order valence-electron chi connectivity index (χ1n) is 9.39. The number of ether oxygens (including phenoxy) is 1. The third-order valence-corrected chi connectivity index (χ3v) is 5.77. The van der Waals surface area contributed by atoms with Crippen molar-refractivity contribution in [2.75, 3.05) is 0 Å². The predicted molar refractivity (Wildman–Crippen MR) is 117 cm³/mol. The van der Waals surface area contributed by atoms with Crippen LogP contribution in [0, 0.1) is 0 Å². The van der Waals surface area contributed by atoms with E-state index < -0.39 is 12.1 Å². The zero-order valence-electron chi connectivity index (χ0n) is 15.7. The maximum absolute atomic E-state index is 12.0. The molecule has 144 valence electrons. The van der Waals surface area contributed by atoms with Crippen molar-refractivity contribution in [2.24, 2.45) is 0 Å². The largest absolute Gasteiger partial charge is 0.478 e. The Bertz CT molecular complexity index is 1120. The van der Waals surface area contributed by atoms with E-state index in [9.17, 15) is 9.90 Å². The third-order valence-electron chi connectivity index (χ3n) is 4.64. The molecule has 29 heavy (non-hydrogen) atoms. The van der Waals surface area contributed by atoms with Crippen LogP contribution in [0.25, 0.3) is 10.8 Å². The zero-order valence-corrected chi connectivity index (χ0v) is 16.5. The van der Waals surface area contributed by atoms with Gasteiger partial charge in [0.05, 0.1) is 0 Å². The number of carbonyl (C=O) groups is 1. The maximum atomic E-state index is 12.0. The van der Waals surface area contributed by atoms with Crippen LogP contribution < -0.4 is 4.74 Å². The number of rotatable bonds is 7. The molecule has 4 aromatic carbocycles. The molecule has 0 fully saturated rings. The molecule has 0 spiro atoms. The average Bonchev–Trinajstić information content (AvgIpc) is 2.75. The van der Waals surface area contributed by atoms with Crippen molar-refractivity contribution in [3.05, 3.63) is 103 Å². The van der Waals surface area contributed by atoms with Gasteiger partial charge in [-0.1, -0.05) is 84.6 Å². The summed E-state index contributed by atoms with van der Waals surface area (Å²) in [6.07, 6.45) is -0.687. The van der Waals surface area contributed by atoms with Gasteiger partial charge in [0.2, 0.25) is 0 Å². The summed E-state index contributed by atoms with van der Waals surface area (Å²) in [4.78, 5) is 14.1. The summed E-state index contributed by atoms with van der Waals surface area (Å²) in [6, 6.07) is 31.5. The normalized spacial score (nSPS) is 11.9. The van der Waals surface area contributed by atoms with Crippen LogP contribution in [0.5, 0.6) is 5.75 Å². The second kappa shape index (κ2) is 8.84. The smallest absolute Gasteiger partial charge is 0.345 e. The van der Waals surface area contributed by atoms with E-state index in [4.69, 9.17) is 4.74 Å². The van der Waals surface area contributed by atoms with Gasteiger partial charge in [-0.3, -0.25) is 0 Å². The minimum absolute atomic E-state index is 0.286. The molecule has 0 aliphatic rings. The standard InChI is InChI=1S/C25H20O3S/c26-25(27)23(28-22-15-8-11-18-9-4-6-14-21(18)22)17-19-10-5-7-16-24(19)29-20-12-2-1-3-13-20/h1-16,23H,17H2,(H,26,27)/t23-/m0/s1. The number of carboxylic acids is 1. The van der Waals surface area contributed by atoms with Crippen LogP contribution in [0.3, 0.4) is 0 Å². The van der Waals surface area contributed by atoms with Crippen molar-refractivity contribution in [1.82, 2.24) is 0 Å². The molecule has 4 heteroatoms. The molecule has 0 unspecified atom stereocenters. The quantitative estimate of drug-likeness (QED) is 0.409. The Morgan fingerprint density at radius 3 is 2.34 bits per heavy atom. The molecule has 3 nitrogen and oxygen atoms in total. The highest BCUT2D eigenvalue weighted by atomic mass is 32.2. The molecule has 1 N–H and O–H groups in total. The van der Waals surface area contributed by atoms with E-state index >= 15 is 0 Å². The summed E-state index contributed by atoms with van der Waals surface area (Å²) in [6.45, 7) is 0. The lowest BCUT2D eigenvalue weighted by atomic mass is 10.1. The highest BCUT2D eigenvalue weighted by Crippen LogP contribution is 2.32. The molecule has 0 aromatic heterocycles. The van der Waals surface area contributed by atoms with Gasteiger partial charge in [-0.15, -0.1) is 0 Å².